The van der Waals surface area contributed by atoms with Crippen molar-refractivity contribution < 1.29 is 4.79 Å². The summed E-state index contributed by atoms with van der Waals surface area (Å²) in [6.45, 7) is 2.88. The zero-order valence-corrected chi connectivity index (χ0v) is 12.8. The SMILES string of the molecule is CC(CNC(=O)C1CC2CCCCC2N1)c1ccccc1. The Kier molecular flexibility index (Phi) is 4.59. The lowest BCUT2D eigenvalue weighted by atomic mass is 9.85. The van der Waals surface area contributed by atoms with Crippen LogP contribution in [0.2, 0.25) is 0 Å². The molecule has 1 saturated heterocycles. The molecule has 21 heavy (non-hydrogen) atoms. The standard InChI is InChI=1S/C18H26N2O/c1-13(14-7-3-2-4-8-14)12-19-18(21)17-11-15-9-5-6-10-16(15)20-17/h2-4,7-8,13,15-17,20H,5-6,9-12H2,1H3,(H,19,21). The number of rotatable bonds is 4. The van der Waals surface area contributed by atoms with Crippen LogP contribution in [0, 0.1) is 5.92 Å². The van der Waals surface area contributed by atoms with Crippen molar-refractivity contribution in [1.82, 2.24) is 10.6 Å². The Morgan fingerprint density at radius 3 is 2.81 bits per heavy atom. The van der Waals surface area contributed by atoms with E-state index in [2.05, 4.69) is 41.8 Å². The third-order valence-electron chi connectivity index (χ3n) is 5.13. The Morgan fingerprint density at radius 2 is 2.05 bits per heavy atom. The van der Waals surface area contributed by atoms with E-state index in [0.29, 0.717) is 12.0 Å². The molecule has 1 aromatic rings. The summed E-state index contributed by atoms with van der Waals surface area (Å²) in [5.41, 5.74) is 1.28. The average Bonchev–Trinajstić information content (AvgIpc) is 2.97. The van der Waals surface area contributed by atoms with Crippen molar-refractivity contribution in [2.75, 3.05) is 6.54 Å². The molecule has 1 amide bonds. The summed E-state index contributed by atoms with van der Waals surface area (Å²) in [4.78, 5) is 12.4. The van der Waals surface area contributed by atoms with Gasteiger partial charge in [-0.1, -0.05) is 50.1 Å². The first-order valence-corrected chi connectivity index (χ1v) is 8.32. The van der Waals surface area contributed by atoms with E-state index in [1.165, 1.54) is 31.2 Å². The number of nitrogens with one attached hydrogen (secondary N) is 2. The highest BCUT2D eigenvalue weighted by Gasteiger charge is 2.38. The minimum atomic E-state index is 0.0288. The van der Waals surface area contributed by atoms with Crippen molar-refractivity contribution in [1.29, 1.82) is 0 Å². The van der Waals surface area contributed by atoms with Crippen LogP contribution >= 0.6 is 0 Å². The summed E-state index contributed by atoms with van der Waals surface area (Å²) in [5.74, 6) is 1.27. The van der Waals surface area contributed by atoms with Gasteiger partial charge < -0.3 is 10.6 Å². The first-order valence-electron chi connectivity index (χ1n) is 8.32. The number of benzene rings is 1. The maximum atomic E-state index is 12.4. The molecule has 4 atom stereocenters. The van der Waals surface area contributed by atoms with E-state index in [-0.39, 0.29) is 11.9 Å². The number of hydrogen-bond donors (Lipinski definition) is 2. The second-order valence-corrected chi connectivity index (χ2v) is 6.66. The number of carbonyl (C=O) groups excluding carboxylic acids is 1. The van der Waals surface area contributed by atoms with Crippen LogP contribution in [0.25, 0.3) is 0 Å². The summed E-state index contributed by atoms with van der Waals surface area (Å²) in [6, 6.07) is 11.0. The molecule has 3 rings (SSSR count). The van der Waals surface area contributed by atoms with E-state index >= 15 is 0 Å². The Hall–Kier alpha value is -1.35. The van der Waals surface area contributed by atoms with Crippen LogP contribution in [0.4, 0.5) is 0 Å². The molecule has 3 heteroatoms. The van der Waals surface area contributed by atoms with Crippen molar-refractivity contribution >= 4 is 5.91 Å². The Balaban J connectivity index is 1.48. The highest BCUT2D eigenvalue weighted by Crippen LogP contribution is 2.33. The molecular formula is C18H26N2O. The van der Waals surface area contributed by atoms with E-state index in [1.807, 2.05) is 6.07 Å². The van der Waals surface area contributed by atoms with Crippen molar-refractivity contribution in [3.63, 3.8) is 0 Å². The Labute approximate surface area is 127 Å². The average molecular weight is 286 g/mol. The number of amides is 1. The van der Waals surface area contributed by atoms with Crippen LogP contribution in [-0.2, 0) is 4.79 Å². The fraction of sp³-hybridized carbons (Fsp3) is 0.611. The molecule has 1 aliphatic heterocycles. The van der Waals surface area contributed by atoms with Crippen LogP contribution in [0.5, 0.6) is 0 Å². The highest BCUT2D eigenvalue weighted by molar-refractivity contribution is 5.82. The molecule has 3 nitrogen and oxygen atoms in total. The summed E-state index contributed by atoms with van der Waals surface area (Å²) >= 11 is 0. The third-order valence-corrected chi connectivity index (χ3v) is 5.13. The van der Waals surface area contributed by atoms with Gasteiger partial charge in [-0.3, -0.25) is 4.79 Å². The van der Waals surface area contributed by atoms with Gasteiger partial charge in [0.05, 0.1) is 6.04 Å². The van der Waals surface area contributed by atoms with Crippen molar-refractivity contribution in [2.45, 2.75) is 57.0 Å². The molecule has 2 fully saturated rings. The van der Waals surface area contributed by atoms with Crippen LogP contribution < -0.4 is 10.6 Å². The monoisotopic (exact) mass is 286 g/mol. The minimum Gasteiger partial charge on any atom is -0.354 e. The molecular weight excluding hydrogens is 260 g/mol. The smallest absolute Gasteiger partial charge is 0.237 e. The molecule has 1 heterocycles. The molecule has 0 radical (unpaired) electrons. The van der Waals surface area contributed by atoms with Gasteiger partial charge in [0, 0.05) is 12.6 Å². The molecule has 2 N–H and O–H groups in total. The van der Waals surface area contributed by atoms with Crippen LogP contribution in [0.15, 0.2) is 30.3 Å². The van der Waals surface area contributed by atoms with Crippen LogP contribution in [-0.4, -0.2) is 24.5 Å². The van der Waals surface area contributed by atoms with Gasteiger partial charge in [0.15, 0.2) is 0 Å². The van der Waals surface area contributed by atoms with Gasteiger partial charge in [0.2, 0.25) is 5.91 Å². The second kappa shape index (κ2) is 6.61. The Bertz CT molecular complexity index is 459. The molecule has 1 saturated carbocycles. The van der Waals surface area contributed by atoms with E-state index in [1.54, 1.807) is 0 Å². The zero-order valence-electron chi connectivity index (χ0n) is 12.8. The van der Waals surface area contributed by atoms with Gasteiger partial charge in [-0.25, -0.2) is 0 Å². The molecule has 0 bridgehead atoms. The maximum absolute atomic E-state index is 12.4. The van der Waals surface area contributed by atoms with Crippen molar-refractivity contribution in [3.8, 4) is 0 Å². The molecule has 1 aliphatic carbocycles. The molecule has 0 spiro atoms. The van der Waals surface area contributed by atoms with Crippen molar-refractivity contribution in [2.24, 2.45) is 5.92 Å². The zero-order chi connectivity index (χ0) is 14.7. The Morgan fingerprint density at radius 1 is 1.29 bits per heavy atom. The molecule has 4 unspecified atom stereocenters. The lowest BCUT2D eigenvalue weighted by Gasteiger charge is -2.24. The van der Waals surface area contributed by atoms with Crippen LogP contribution in [0.1, 0.15) is 50.5 Å². The normalized spacial score (nSPS) is 29.7. The van der Waals surface area contributed by atoms with E-state index in [4.69, 9.17) is 0 Å². The molecule has 0 aromatic heterocycles. The lowest BCUT2D eigenvalue weighted by Crippen LogP contribution is -2.44. The minimum absolute atomic E-state index is 0.0288. The fourth-order valence-corrected chi connectivity index (χ4v) is 3.80. The largest absolute Gasteiger partial charge is 0.354 e. The summed E-state index contributed by atoms with van der Waals surface area (Å²) < 4.78 is 0. The van der Waals surface area contributed by atoms with E-state index < -0.39 is 0 Å². The van der Waals surface area contributed by atoms with Gasteiger partial charge >= 0.3 is 0 Å². The van der Waals surface area contributed by atoms with Gasteiger partial charge in [0.25, 0.3) is 0 Å². The molecule has 1 aromatic carbocycles. The highest BCUT2D eigenvalue weighted by atomic mass is 16.2. The van der Waals surface area contributed by atoms with E-state index in [0.717, 1.165) is 18.9 Å². The number of hydrogen-bond acceptors (Lipinski definition) is 2. The summed E-state index contributed by atoms with van der Waals surface area (Å²) in [7, 11) is 0. The predicted octanol–water partition coefficient (Wildman–Crippen LogP) is 2.83. The van der Waals surface area contributed by atoms with E-state index in [9.17, 15) is 4.79 Å². The summed E-state index contributed by atoms with van der Waals surface area (Å²) in [5, 5.41) is 6.68. The molecule has 114 valence electrons. The predicted molar refractivity (Wildman–Crippen MR) is 85.2 cm³/mol. The molecule has 2 aliphatic rings. The summed E-state index contributed by atoms with van der Waals surface area (Å²) in [6.07, 6.45) is 6.21. The van der Waals surface area contributed by atoms with Gasteiger partial charge in [0.1, 0.15) is 0 Å². The number of fused-ring (bicyclic) bond motifs is 1. The third kappa shape index (κ3) is 3.46. The van der Waals surface area contributed by atoms with Gasteiger partial charge in [-0.15, -0.1) is 0 Å². The van der Waals surface area contributed by atoms with Crippen molar-refractivity contribution in [3.05, 3.63) is 35.9 Å². The first-order chi connectivity index (χ1) is 10.2. The first kappa shape index (κ1) is 14.6. The lowest BCUT2D eigenvalue weighted by molar-refractivity contribution is -0.122. The van der Waals surface area contributed by atoms with Crippen LogP contribution in [0.3, 0.4) is 0 Å². The maximum Gasteiger partial charge on any atom is 0.237 e. The fourth-order valence-electron chi connectivity index (χ4n) is 3.80. The second-order valence-electron chi connectivity index (χ2n) is 6.66. The quantitative estimate of drug-likeness (QED) is 0.893. The topological polar surface area (TPSA) is 41.1 Å². The number of carbonyl (C=O) groups is 1. The van der Waals surface area contributed by atoms with Gasteiger partial charge in [-0.05, 0) is 36.7 Å². The van der Waals surface area contributed by atoms with Gasteiger partial charge in [-0.2, -0.15) is 0 Å².